The van der Waals surface area contributed by atoms with Crippen molar-refractivity contribution in [1.82, 2.24) is 20.1 Å². The Morgan fingerprint density at radius 3 is 2.61 bits per heavy atom. The predicted molar refractivity (Wildman–Crippen MR) is 108 cm³/mol. The first-order valence-electron chi connectivity index (χ1n) is 8.35. The maximum Gasteiger partial charge on any atom is 0.323 e. The second kappa shape index (κ2) is 7.75. The van der Waals surface area contributed by atoms with E-state index in [0.29, 0.717) is 22.6 Å². The average Bonchev–Trinajstić information content (AvgIpc) is 3.03. The molecular formula is C20H19FN6O. The minimum atomic E-state index is -0.756. The lowest BCUT2D eigenvalue weighted by atomic mass is 10.1. The highest BCUT2D eigenvalue weighted by Gasteiger charge is 2.11. The van der Waals surface area contributed by atoms with Crippen LogP contribution in [0.1, 0.15) is 6.92 Å². The van der Waals surface area contributed by atoms with Gasteiger partial charge in [0, 0.05) is 17.4 Å². The molecule has 1 aromatic carbocycles. The molecule has 0 radical (unpaired) electrons. The Hall–Kier alpha value is -3.94. The number of nitrogens with zero attached hydrogens (tertiary/aromatic N) is 3. The van der Waals surface area contributed by atoms with Gasteiger partial charge in [-0.1, -0.05) is 42.1 Å². The third-order valence-electron chi connectivity index (χ3n) is 3.85. The Morgan fingerprint density at radius 1 is 1.25 bits per heavy atom. The lowest BCUT2D eigenvalue weighted by Crippen LogP contribution is -2.28. The number of rotatable bonds is 5. The Labute approximate surface area is 161 Å². The van der Waals surface area contributed by atoms with Gasteiger partial charge < -0.3 is 16.4 Å². The monoisotopic (exact) mass is 378 g/mol. The molecule has 0 spiro atoms. The fourth-order valence-electron chi connectivity index (χ4n) is 2.65. The molecule has 0 atom stereocenters. The van der Waals surface area contributed by atoms with E-state index in [1.807, 2.05) is 24.3 Å². The van der Waals surface area contributed by atoms with E-state index in [4.69, 9.17) is 5.73 Å². The van der Waals surface area contributed by atoms with Gasteiger partial charge in [-0.3, -0.25) is 0 Å². The van der Waals surface area contributed by atoms with Gasteiger partial charge in [0.1, 0.15) is 11.3 Å². The van der Waals surface area contributed by atoms with E-state index in [0.717, 1.165) is 11.1 Å². The lowest BCUT2D eigenvalue weighted by molar-refractivity contribution is 0.254. The van der Waals surface area contributed by atoms with Crippen molar-refractivity contribution in [2.75, 3.05) is 11.1 Å². The van der Waals surface area contributed by atoms with Gasteiger partial charge in [-0.15, -0.1) is 5.10 Å². The van der Waals surface area contributed by atoms with Crippen molar-refractivity contribution in [3.05, 3.63) is 78.9 Å². The largest absolute Gasteiger partial charge is 0.380 e. The zero-order valence-corrected chi connectivity index (χ0v) is 15.2. The van der Waals surface area contributed by atoms with Crippen LogP contribution >= 0.6 is 0 Å². The van der Waals surface area contributed by atoms with Gasteiger partial charge in [0.05, 0.1) is 5.70 Å². The summed E-state index contributed by atoms with van der Waals surface area (Å²) in [6.45, 7) is 8.54. The van der Waals surface area contributed by atoms with Crippen LogP contribution in [0.25, 0.3) is 16.6 Å². The van der Waals surface area contributed by atoms with Crippen molar-refractivity contribution >= 4 is 23.1 Å². The maximum atomic E-state index is 13.4. The molecule has 2 heterocycles. The smallest absolute Gasteiger partial charge is 0.323 e. The third-order valence-corrected chi connectivity index (χ3v) is 3.85. The number of nitrogen functional groups attached to an aromatic ring is 1. The second-order valence-corrected chi connectivity index (χ2v) is 6.16. The first kappa shape index (κ1) is 18.8. The fraction of sp³-hybridized carbons (Fsp3) is 0.0500. The van der Waals surface area contributed by atoms with Gasteiger partial charge in [0.15, 0.2) is 5.82 Å². The van der Waals surface area contributed by atoms with Gasteiger partial charge in [-0.25, -0.2) is 13.7 Å². The number of aromatic nitrogens is 3. The van der Waals surface area contributed by atoms with E-state index in [9.17, 15) is 9.18 Å². The number of hydrogen-bond donors (Lipinski definition) is 3. The van der Waals surface area contributed by atoms with Crippen molar-refractivity contribution in [1.29, 1.82) is 0 Å². The SMILES string of the molecule is C=C(C)/C=C(/NC(=O)Nc1ccc(-c2cccn3nnc(N)c23)cc1)C(=C)F. The summed E-state index contributed by atoms with van der Waals surface area (Å²) in [5.41, 5.74) is 9.43. The van der Waals surface area contributed by atoms with E-state index < -0.39 is 11.9 Å². The molecule has 0 fully saturated rings. The topological polar surface area (TPSA) is 97.3 Å². The minimum absolute atomic E-state index is 0.0444. The summed E-state index contributed by atoms with van der Waals surface area (Å²) in [5.74, 6) is -0.422. The highest BCUT2D eigenvalue weighted by molar-refractivity contribution is 5.92. The normalized spacial score (nSPS) is 11.3. The number of hydrogen-bond acceptors (Lipinski definition) is 4. The molecule has 0 unspecified atom stereocenters. The molecule has 0 bridgehead atoms. The molecule has 142 valence electrons. The van der Waals surface area contributed by atoms with Gasteiger partial charge in [-0.2, -0.15) is 0 Å². The number of pyridine rings is 1. The van der Waals surface area contributed by atoms with Crippen LogP contribution in [-0.4, -0.2) is 20.9 Å². The van der Waals surface area contributed by atoms with Crippen molar-refractivity contribution in [3.63, 3.8) is 0 Å². The maximum absolute atomic E-state index is 13.4. The minimum Gasteiger partial charge on any atom is -0.380 e. The molecule has 7 nitrogen and oxygen atoms in total. The zero-order valence-electron chi connectivity index (χ0n) is 15.2. The fourth-order valence-corrected chi connectivity index (χ4v) is 2.65. The molecular weight excluding hydrogens is 359 g/mol. The summed E-state index contributed by atoms with van der Waals surface area (Å²) in [6, 6.07) is 10.3. The molecule has 0 aliphatic carbocycles. The Kier molecular flexibility index (Phi) is 5.21. The lowest BCUT2D eigenvalue weighted by Gasteiger charge is -2.10. The number of anilines is 2. The molecule has 8 heteroatoms. The van der Waals surface area contributed by atoms with E-state index >= 15 is 0 Å². The van der Waals surface area contributed by atoms with Crippen molar-refractivity contribution in [3.8, 4) is 11.1 Å². The Morgan fingerprint density at radius 2 is 1.96 bits per heavy atom. The number of halogens is 1. The predicted octanol–water partition coefficient (Wildman–Crippen LogP) is 4.04. The van der Waals surface area contributed by atoms with Gasteiger partial charge in [0.2, 0.25) is 0 Å². The van der Waals surface area contributed by atoms with Crippen LogP contribution in [0.15, 0.2) is 78.9 Å². The molecule has 0 saturated carbocycles. The summed E-state index contributed by atoms with van der Waals surface area (Å²) in [4.78, 5) is 12.1. The number of nitrogens with two attached hydrogens (primary N) is 1. The summed E-state index contributed by atoms with van der Waals surface area (Å²) < 4.78 is 15.0. The number of nitrogens with one attached hydrogen (secondary N) is 2. The van der Waals surface area contributed by atoms with Crippen LogP contribution in [0.3, 0.4) is 0 Å². The number of fused-ring (bicyclic) bond motifs is 1. The van der Waals surface area contributed by atoms with Crippen LogP contribution in [0.4, 0.5) is 20.7 Å². The summed E-state index contributed by atoms with van der Waals surface area (Å²) in [6.07, 6.45) is 3.16. The molecule has 2 amide bonds. The quantitative estimate of drug-likeness (QED) is 0.584. The Balaban J connectivity index is 1.77. The average molecular weight is 378 g/mol. The molecule has 0 saturated heterocycles. The molecule has 0 aliphatic rings. The van der Waals surface area contributed by atoms with Crippen LogP contribution < -0.4 is 16.4 Å². The van der Waals surface area contributed by atoms with Crippen LogP contribution in [-0.2, 0) is 0 Å². The van der Waals surface area contributed by atoms with E-state index in [1.165, 1.54) is 6.08 Å². The highest BCUT2D eigenvalue weighted by atomic mass is 19.1. The van der Waals surface area contributed by atoms with Gasteiger partial charge >= 0.3 is 6.03 Å². The first-order valence-corrected chi connectivity index (χ1v) is 8.35. The number of amides is 2. The van der Waals surface area contributed by atoms with Crippen LogP contribution in [0.5, 0.6) is 0 Å². The van der Waals surface area contributed by atoms with Crippen molar-refractivity contribution in [2.24, 2.45) is 0 Å². The number of carbonyl (C=O) groups excluding carboxylic acids is 1. The van der Waals surface area contributed by atoms with Gasteiger partial charge in [-0.05, 0) is 36.8 Å². The third kappa shape index (κ3) is 4.07. The molecule has 28 heavy (non-hydrogen) atoms. The number of benzene rings is 1. The van der Waals surface area contributed by atoms with E-state index in [-0.39, 0.29) is 5.70 Å². The number of allylic oxidation sites excluding steroid dienone is 3. The molecule has 3 aromatic rings. The highest BCUT2D eigenvalue weighted by Crippen LogP contribution is 2.28. The van der Waals surface area contributed by atoms with Crippen molar-refractivity contribution < 1.29 is 9.18 Å². The van der Waals surface area contributed by atoms with Gasteiger partial charge in [0.25, 0.3) is 0 Å². The van der Waals surface area contributed by atoms with Crippen LogP contribution in [0.2, 0.25) is 0 Å². The molecule has 4 N–H and O–H groups in total. The number of urea groups is 1. The zero-order chi connectivity index (χ0) is 20.3. The van der Waals surface area contributed by atoms with Crippen molar-refractivity contribution in [2.45, 2.75) is 6.92 Å². The number of carbonyl (C=O) groups is 1. The summed E-state index contributed by atoms with van der Waals surface area (Å²) in [5, 5.41) is 12.9. The summed E-state index contributed by atoms with van der Waals surface area (Å²) >= 11 is 0. The van der Waals surface area contributed by atoms with E-state index in [2.05, 4.69) is 34.1 Å². The summed E-state index contributed by atoms with van der Waals surface area (Å²) in [7, 11) is 0. The molecule has 3 rings (SSSR count). The standard InChI is InChI=1S/C20H19FN6O/c1-12(2)11-17(13(3)21)24-20(28)23-15-8-6-14(7-9-15)16-5-4-10-27-18(16)19(22)25-26-27/h4-11H,1,3,22H2,2H3,(H2,23,24,28)/b17-11+. The Bertz CT molecular complexity index is 1100. The second-order valence-electron chi connectivity index (χ2n) is 6.16. The molecule has 2 aromatic heterocycles. The first-order chi connectivity index (χ1) is 13.3. The van der Waals surface area contributed by atoms with Crippen LogP contribution in [0, 0.1) is 0 Å². The van der Waals surface area contributed by atoms with E-state index in [1.54, 1.807) is 29.8 Å². The molecule has 0 aliphatic heterocycles.